The topological polar surface area (TPSA) is 74.5 Å². The molecule has 0 amide bonds. The molecule has 0 N–H and O–H groups in total. The van der Waals surface area contributed by atoms with Crippen LogP contribution in [-0.2, 0) is 0 Å². The molecule has 1 heterocycles. The van der Waals surface area contributed by atoms with Crippen molar-refractivity contribution in [3.63, 3.8) is 0 Å². The Morgan fingerprint density at radius 3 is 2.67 bits per heavy atom. The first kappa shape index (κ1) is 19.3. The van der Waals surface area contributed by atoms with Crippen LogP contribution in [-0.4, -0.2) is 23.1 Å². The van der Waals surface area contributed by atoms with Crippen molar-refractivity contribution in [2.24, 2.45) is 0 Å². The Bertz CT molecular complexity index is 1020. The fourth-order valence-electron chi connectivity index (χ4n) is 2.51. The molecule has 0 unspecified atom stereocenters. The minimum absolute atomic E-state index is 0.0680. The van der Waals surface area contributed by atoms with Crippen LogP contribution in [0.1, 0.15) is 24.4 Å². The van der Waals surface area contributed by atoms with E-state index in [2.05, 4.69) is 20.9 Å². The predicted octanol–water partition coefficient (Wildman–Crippen LogP) is 5.93. The minimum Gasteiger partial charge on any atom is -0.490 e. The summed E-state index contributed by atoms with van der Waals surface area (Å²) in [4.78, 5) is 15.0. The molecular weight excluding hydrogens is 432 g/mol. The summed E-state index contributed by atoms with van der Waals surface area (Å²) in [6.07, 6.45) is 3.81. The lowest BCUT2D eigenvalue weighted by atomic mass is 10.2. The number of ether oxygens (including phenoxy) is 2. The van der Waals surface area contributed by atoms with Gasteiger partial charge in [-0.1, -0.05) is 6.08 Å². The highest BCUT2D eigenvalue weighted by atomic mass is 79.9. The average molecular weight is 449 g/mol. The molecule has 27 heavy (non-hydrogen) atoms. The lowest BCUT2D eigenvalue weighted by molar-refractivity contribution is -0.384. The van der Waals surface area contributed by atoms with Gasteiger partial charge in [-0.3, -0.25) is 10.1 Å². The Morgan fingerprint density at radius 2 is 1.96 bits per heavy atom. The van der Waals surface area contributed by atoms with Crippen LogP contribution in [0.5, 0.6) is 11.5 Å². The first-order valence-electron chi connectivity index (χ1n) is 8.34. The monoisotopic (exact) mass is 448 g/mol. The molecule has 0 bridgehead atoms. The van der Waals surface area contributed by atoms with Crippen LogP contribution in [0.3, 0.4) is 0 Å². The van der Waals surface area contributed by atoms with Gasteiger partial charge in [-0.25, -0.2) is 4.98 Å². The molecule has 6 nitrogen and oxygen atoms in total. The van der Waals surface area contributed by atoms with E-state index >= 15 is 0 Å². The van der Waals surface area contributed by atoms with Gasteiger partial charge in [0.05, 0.1) is 32.8 Å². The second kappa shape index (κ2) is 8.49. The molecule has 0 atom stereocenters. The van der Waals surface area contributed by atoms with E-state index in [1.807, 2.05) is 38.1 Å². The fourth-order valence-corrected chi connectivity index (χ4v) is 3.99. The van der Waals surface area contributed by atoms with Crippen LogP contribution >= 0.6 is 27.3 Å². The number of non-ortho nitro benzene ring substituents is 1. The van der Waals surface area contributed by atoms with Crippen LogP contribution in [0.25, 0.3) is 22.4 Å². The summed E-state index contributed by atoms with van der Waals surface area (Å²) < 4.78 is 12.9. The van der Waals surface area contributed by atoms with Gasteiger partial charge >= 0.3 is 0 Å². The van der Waals surface area contributed by atoms with Crippen LogP contribution in [0.15, 0.2) is 34.8 Å². The van der Waals surface area contributed by atoms with E-state index in [9.17, 15) is 10.1 Å². The highest BCUT2D eigenvalue weighted by Crippen LogP contribution is 2.37. The zero-order valence-corrected chi connectivity index (χ0v) is 17.2. The number of thiazole rings is 1. The molecule has 140 valence electrons. The van der Waals surface area contributed by atoms with E-state index in [0.29, 0.717) is 24.7 Å². The van der Waals surface area contributed by atoms with Crippen LogP contribution in [0.2, 0.25) is 0 Å². The maximum atomic E-state index is 10.9. The van der Waals surface area contributed by atoms with Gasteiger partial charge < -0.3 is 9.47 Å². The Kier molecular flexibility index (Phi) is 6.08. The quantitative estimate of drug-likeness (QED) is 0.330. The van der Waals surface area contributed by atoms with Crippen molar-refractivity contribution in [3.05, 3.63) is 55.5 Å². The second-order valence-corrected chi connectivity index (χ2v) is 7.41. The van der Waals surface area contributed by atoms with Gasteiger partial charge in [-0.15, -0.1) is 11.3 Å². The van der Waals surface area contributed by atoms with Gasteiger partial charge in [0.25, 0.3) is 5.69 Å². The summed E-state index contributed by atoms with van der Waals surface area (Å²) in [5.74, 6) is 1.36. The van der Waals surface area contributed by atoms with Crippen molar-refractivity contribution in [2.45, 2.75) is 13.8 Å². The summed E-state index contributed by atoms with van der Waals surface area (Å²) in [5.41, 5.74) is 1.74. The maximum Gasteiger partial charge on any atom is 0.270 e. The van der Waals surface area contributed by atoms with Crippen LogP contribution < -0.4 is 9.47 Å². The Hall–Kier alpha value is -2.45. The highest BCUT2D eigenvalue weighted by Gasteiger charge is 2.12. The van der Waals surface area contributed by atoms with Gasteiger partial charge in [-0.2, -0.15) is 0 Å². The molecule has 0 fully saturated rings. The smallest absolute Gasteiger partial charge is 0.270 e. The summed E-state index contributed by atoms with van der Waals surface area (Å²) in [5, 5.41) is 11.7. The third-order valence-electron chi connectivity index (χ3n) is 3.64. The molecule has 3 rings (SSSR count). The highest BCUT2D eigenvalue weighted by molar-refractivity contribution is 9.10. The van der Waals surface area contributed by atoms with Crippen LogP contribution in [0.4, 0.5) is 5.69 Å². The molecule has 0 saturated heterocycles. The second-order valence-electron chi connectivity index (χ2n) is 5.49. The molecule has 2 aromatic carbocycles. The SMILES string of the molecule is CCOc1cc(/C=C/c2nc3ccc([N+](=O)[O-])cc3s2)cc(Br)c1OCC. The zero-order chi connectivity index (χ0) is 19.4. The number of hydrogen-bond donors (Lipinski definition) is 0. The van der Waals surface area contributed by atoms with E-state index in [1.165, 1.54) is 17.4 Å². The lowest BCUT2D eigenvalue weighted by Crippen LogP contribution is -1.99. The maximum absolute atomic E-state index is 10.9. The number of fused-ring (bicyclic) bond motifs is 1. The van der Waals surface area contributed by atoms with E-state index in [4.69, 9.17) is 9.47 Å². The Morgan fingerprint density at radius 1 is 1.19 bits per heavy atom. The van der Waals surface area contributed by atoms with E-state index in [1.54, 1.807) is 12.1 Å². The van der Waals surface area contributed by atoms with E-state index in [-0.39, 0.29) is 5.69 Å². The van der Waals surface area contributed by atoms with Gasteiger partial charge in [0.2, 0.25) is 0 Å². The van der Waals surface area contributed by atoms with Crippen molar-refractivity contribution >= 4 is 55.3 Å². The normalized spacial score (nSPS) is 11.2. The molecule has 0 saturated carbocycles. The zero-order valence-electron chi connectivity index (χ0n) is 14.8. The van der Waals surface area contributed by atoms with Crippen molar-refractivity contribution in [2.75, 3.05) is 13.2 Å². The number of rotatable bonds is 7. The number of nitro benzene ring substituents is 1. The van der Waals surface area contributed by atoms with E-state index in [0.717, 1.165) is 25.3 Å². The third-order valence-corrected chi connectivity index (χ3v) is 5.21. The molecular formula is C19H17BrN2O4S. The van der Waals surface area contributed by atoms with Gasteiger partial charge in [0.1, 0.15) is 5.01 Å². The molecule has 0 aliphatic heterocycles. The Balaban J connectivity index is 1.91. The minimum atomic E-state index is -0.401. The van der Waals surface area contributed by atoms with Crippen molar-refractivity contribution in [1.29, 1.82) is 0 Å². The predicted molar refractivity (Wildman–Crippen MR) is 112 cm³/mol. The fraction of sp³-hybridized carbons (Fsp3) is 0.211. The van der Waals surface area contributed by atoms with Crippen molar-refractivity contribution in [3.8, 4) is 11.5 Å². The largest absolute Gasteiger partial charge is 0.490 e. The number of benzene rings is 2. The van der Waals surface area contributed by atoms with Gasteiger partial charge in [0.15, 0.2) is 11.5 Å². The number of aromatic nitrogens is 1. The molecule has 0 aliphatic rings. The third kappa shape index (κ3) is 4.45. The Labute approximate surface area is 168 Å². The number of nitrogens with zero attached hydrogens (tertiary/aromatic N) is 2. The van der Waals surface area contributed by atoms with Crippen molar-refractivity contribution < 1.29 is 14.4 Å². The average Bonchev–Trinajstić information content (AvgIpc) is 3.05. The molecule has 0 spiro atoms. The number of hydrogen-bond acceptors (Lipinski definition) is 6. The molecule has 1 aromatic heterocycles. The number of nitro groups is 1. The van der Waals surface area contributed by atoms with Gasteiger partial charge in [-0.05, 0) is 59.6 Å². The first-order valence-corrected chi connectivity index (χ1v) is 9.95. The first-order chi connectivity index (χ1) is 13.0. The van der Waals surface area contributed by atoms with E-state index < -0.39 is 4.92 Å². The van der Waals surface area contributed by atoms with Crippen molar-refractivity contribution in [1.82, 2.24) is 4.98 Å². The summed E-state index contributed by atoms with van der Waals surface area (Å²) in [7, 11) is 0. The standard InChI is InChI=1S/C19H17BrN2O4S/c1-3-25-16-10-12(9-14(20)19(16)26-4-2)5-8-18-21-15-7-6-13(22(23)24)11-17(15)27-18/h5-11H,3-4H2,1-2H3/b8-5+. The molecule has 3 aromatic rings. The van der Waals surface area contributed by atoms with Crippen LogP contribution in [0, 0.1) is 10.1 Å². The summed E-state index contributed by atoms with van der Waals surface area (Å²) >= 11 is 4.94. The molecule has 0 radical (unpaired) electrons. The molecule has 8 heteroatoms. The lowest BCUT2D eigenvalue weighted by Gasteiger charge is -2.13. The summed E-state index contributed by atoms with van der Waals surface area (Å²) in [6.45, 7) is 4.93. The number of halogens is 1. The van der Waals surface area contributed by atoms with Gasteiger partial charge in [0, 0.05) is 12.1 Å². The molecule has 0 aliphatic carbocycles. The summed E-state index contributed by atoms with van der Waals surface area (Å²) in [6, 6.07) is 8.54.